The zero-order chi connectivity index (χ0) is 8.81. The van der Waals surface area contributed by atoms with Crippen LogP contribution in [-0.4, -0.2) is 12.7 Å². The Bertz CT molecular complexity index is 112. The molecule has 1 heteroatoms. The smallest absolute Gasteiger partial charge is 0.0577 e. The second-order valence-electron chi connectivity index (χ2n) is 4.12. The van der Waals surface area contributed by atoms with Gasteiger partial charge in [-0.05, 0) is 25.2 Å². The first-order chi connectivity index (χ1) is 5.83. The molecule has 0 N–H and O–H groups in total. The first-order valence-electron chi connectivity index (χ1n) is 5.44. The van der Waals surface area contributed by atoms with Gasteiger partial charge >= 0.3 is 0 Å². The Kier molecular flexibility index (Phi) is 4.67. The van der Waals surface area contributed by atoms with E-state index in [0.29, 0.717) is 6.10 Å². The third-order valence-electron chi connectivity index (χ3n) is 2.74. The minimum Gasteiger partial charge on any atom is -0.378 e. The molecule has 0 aromatic carbocycles. The molecule has 2 atom stereocenters. The van der Waals surface area contributed by atoms with Crippen LogP contribution >= 0.6 is 0 Å². The van der Waals surface area contributed by atoms with E-state index in [1.54, 1.807) is 0 Å². The average molecular weight is 170 g/mol. The van der Waals surface area contributed by atoms with E-state index in [2.05, 4.69) is 13.8 Å². The number of unbranched alkanes of at least 4 members (excludes halogenated alkanes) is 1. The largest absolute Gasteiger partial charge is 0.378 e. The molecule has 1 aliphatic rings. The highest BCUT2D eigenvalue weighted by molar-refractivity contribution is 4.70. The van der Waals surface area contributed by atoms with Gasteiger partial charge < -0.3 is 4.74 Å². The lowest BCUT2D eigenvalue weighted by Gasteiger charge is -2.26. The monoisotopic (exact) mass is 170 g/mol. The second kappa shape index (κ2) is 5.58. The van der Waals surface area contributed by atoms with Crippen LogP contribution in [0.25, 0.3) is 0 Å². The summed E-state index contributed by atoms with van der Waals surface area (Å²) in [7, 11) is 0. The predicted molar refractivity (Wildman–Crippen MR) is 52.3 cm³/mol. The summed E-state index contributed by atoms with van der Waals surface area (Å²) in [6, 6.07) is 0. The van der Waals surface area contributed by atoms with Crippen LogP contribution in [0.5, 0.6) is 0 Å². The number of hydrogen-bond donors (Lipinski definition) is 0. The van der Waals surface area contributed by atoms with Crippen LogP contribution in [0.4, 0.5) is 0 Å². The maximum Gasteiger partial charge on any atom is 0.0577 e. The van der Waals surface area contributed by atoms with Gasteiger partial charge in [0.05, 0.1) is 6.10 Å². The maximum absolute atomic E-state index is 5.79. The van der Waals surface area contributed by atoms with Gasteiger partial charge in [-0.25, -0.2) is 0 Å². The van der Waals surface area contributed by atoms with Gasteiger partial charge in [0.15, 0.2) is 0 Å². The highest BCUT2D eigenvalue weighted by Crippen LogP contribution is 2.25. The topological polar surface area (TPSA) is 9.23 Å². The zero-order valence-corrected chi connectivity index (χ0v) is 8.51. The second-order valence-corrected chi connectivity index (χ2v) is 4.12. The summed E-state index contributed by atoms with van der Waals surface area (Å²) in [6.07, 6.45) is 8.44. The number of rotatable bonds is 4. The molecule has 0 saturated heterocycles. The van der Waals surface area contributed by atoms with Crippen LogP contribution in [0.1, 0.15) is 52.4 Å². The van der Waals surface area contributed by atoms with Gasteiger partial charge in [-0.3, -0.25) is 0 Å². The first kappa shape index (κ1) is 10.0. The minimum atomic E-state index is 0.584. The Morgan fingerprint density at radius 2 is 2.17 bits per heavy atom. The van der Waals surface area contributed by atoms with Crippen molar-refractivity contribution in [3.05, 3.63) is 0 Å². The fourth-order valence-corrected chi connectivity index (χ4v) is 1.92. The van der Waals surface area contributed by atoms with Crippen LogP contribution in [0.3, 0.4) is 0 Å². The predicted octanol–water partition coefficient (Wildman–Crippen LogP) is 3.38. The molecule has 1 fully saturated rings. The summed E-state index contributed by atoms with van der Waals surface area (Å²) in [4.78, 5) is 0. The van der Waals surface area contributed by atoms with Crippen molar-refractivity contribution >= 4 is 0 Å². The number of hydrogen-bond acceptors (Lipinski definition) is 1. The molecule has 0 bridgehead atoms. The normalized spacial score (nSPS) is 30.5. The molecule has 0 heterocycles. The number of ether oxygens (including phenoxy) is 1. The Labute approximate surface area is 76.5 Å². The molecule has 72 valence electrons. The van der Waals surface area contributed by atoms with E-state index in [-0.39, 0.29) is 0 Å². The van der Waals surface area contributed by atoms with Crippen LogP contribution in [-0.2, 0) is 4.74 Å². The standard InChI is InChI=1S/C11H22O/c1-3-4-8-12-11-7-5-6-10(2)9-11/h10-11H,3-9H2,1-2H3/t10-,11+/m0/s1. The molecule has 0 unspecified atom stereocenters. The van der Waals surface area contributed by atoms with Crippen molar-refractivity contribution in [3.63, 3.8) is 0 Å². The van der Waals surface area contributed by atoms with E-state index in [9.17, 15) is 0 Å². The molecule has 1 nitrogen and oxygen atoms in total. The van der Waals surface area contributed by atoms with Crippen LogP contribution < -0.4 is 0 Å². The quantitative estimate of drug-likeness (QED) is 0.588. The molecule has 12 heavy (non-hydrogen) atoms. The zero-order valence-electron chi connectivity index (χ0n) is 8.51. The Balaban J connectivity index is 2.06. The molecule has 1 rings (SSSR count). The van der Waals surface area contributed by atoms with E-state index in [0.717, 1.165) is 12.5 Å². The van der Waals surface area contributed by atoms with Crippen molar-refractivity contribution in [2.24, 2.45) is 5.92 Å². The van der Waals surface area contributed by atoms with Gasteiger partial charge in [-0.15, -0.1) is 0 Å². The fourth-order valence-electron chi connectivity index (χ4n) is 1.92. The van der Waals surface area contributed by atoms with E-state index in [1.807, 2.05) is 0 Å². The van der Waals surface area contributed by atoms with E-state index in [4.69, 9.17) is 4.74 Å². The van der Waals surface area contributed by atoms with Gasteiger partial charge in [0.25, 0.3) is 0 Å². The molecule has 1 saturated carbocycles. The molecular weight excluding hydrogens is 148 g/mol. The summed E-state index contributed by atoms with van der Waals surface area (Å²) >= 11 is 0. The lowest BCUT2D eigenvalue weighted by Crippen LogP contribution is -2.21. The van der Waals surface area contributed by atoms with Crippen LogP contribution in [0.2, 0.25) is 0 Å². The molecule has 0 aromatic rings. The molecule has 0 radical (unpaired) electrons. The maximum atomic E-state index is 5.79. The Morgan fingerprint density at radius 3 is 2.83 bits per heavy atom. The van der Waals surface area contributed by atoms with Crippen molar-refractivity contribution in [2.45, 2.75) is 58.5 Å². The fraction of sp³-hybridized carbons (Fsp3) is 1.00. The van der Waals surface area contributed by atoms with E-state index >= 15 is 0 Å². The Hall–Kier alpha value is -0.0400. The van der Waals surface area contributed by atoms with E-state index in [1.165, 1.54) is 38.5 Å². The van der Waals surface area contributed by atoms with Crippen molar-refractivity contribution in [1.29, 1.82) is 0 Å². The highest BCUT2D eigenvalue weighted by atomic mass is 16.5. The minimum absolute atomic E-state index is 0.584. The van der Waals surface area contributed by atoms with Gasteiger partial charge in [-0.2, -0.15) is 0 Å². The van der Waals surface area contributed by atoms with Crippen LogP contribution in [0, 0.1) is 5.92 Å². The summed E-state index contributed by atoms with van der Waals surface area (Å²) in [5.74, 6) is 0.894. The van der Waals surface area contributed by atoms with Gasteiger partial charge in [-0.1, -0.05) is 33.1 Å². The van der Waals surface area contributed by atoms with Crippen molar-refractivity contribution in [2.75, 3.05) is 6.61 Å². The van der Waals surface area contributed by atoms with Gasteiger partial charge in [0.2, 0.25) is 0 Å². The summed E-state index contributed by atoms with van der Waals surface area (Å²) in [5, 5.41) is 0. The molecule has 0 amide bonds. The summed E-state index contributed by atoms with van der Waals surface area (Å²) < 4.78 is 5.79. The first-order valence-corrected chi connectivity index (χ1v) is 5.44. The highest BCUT2D eigenvalue weighted by Gasteiger charge is 2.18. The lowest BCUT2D eigenvalue weighted by atomic mass is 9.89. The van der Waals surface area contributed by atoms with Crippen LogP contribution in [0.15, 0.2) is 0 Å². The third-order valence-corrected chi connectivity index (χ3v) is 2.74. The Morgan fingerprint density at radius 1 is 1.33 bits per heavy atom. The van der Waals surface area contributed by atoms with Gasteiger partial charge in [0, 0.05) is 6.61 Å². The SMILES string of the molecule is CCCCO[C@@H]1CCC[C@H](C)C1. The lowest BCUT2D eigenvalue weighted by molar-refractivity contribution is 0.0143. The van der Waals surface area contributed by atoms with Gasteiger partial charge in [0.1, 0.15) is 0 Å². The van der Waals surface area contributed by atoms with Crippen molar-refractivity contribution < 1.29 is 4.74 Å². The van der Waals surface area contributed by atoms with Crippen molar-refractivity contribution in [1.82, 2.24) is 0 Å². The van der Waals surface area contributed by atoms with E-state index < -0.39 is 0 Å². The van der Waals surface area contributed by atoms with Crippen molar-refractivity contribution in [3.8, 4) is 0 Å². The third kappa shape index (κ3) is 3.57. The molecule has 0 spiro atoms. The average Bonchev–Trinajstić information content (AvgIpc) is 2.05. The molecule has 1 aliphatic carbocycles. The molecule has 0 aliphatic heterocycles. The molecular formula is C11H22O. The summed E-state index contributed by atoms with van der Waals surface area (Å²) in [6.45, 7) is 5.54. The summed E-state index contributed by atoms with van der Waals surface area (Å²) in [5.41, 5.74) is 0. The molecule has 0 aromatic heterocycles.